The number of rotatable bonds is 6. The van der Waals surface area contributed by atoms with Gasteiger partial charge in [0.15, 0.2) is 0 Å². The minimum Gasteiger partial charge on any atom is -0.489 e. The van der Waals surface area contributed by atoms with Crippen molar-refractivity contribution in [3.05, 3.63) is 71.8 Å². The summed E-state index contributed by atoms with van der Waals surface area (Å²) < 4.78 is 6.05. The number of hydrogen-bond donors (Lipinski definition) is 0. The van der Waals surface area contributed by atoms with E-state index in [-0.39, 0.29) is 5.91 Å². The maximum atomic E-state index is 12.9. The number of piperidine rings is 1. The van der Waals surface area contributed by atoms with E-state index >= 15 is 0 Å². The number of amides is 1. The van der Waals surface area contributed by atoms with Gasteiger partial charge in [-0.05, 0) is 54.4 Å². The Morgan fingerprint density at radius 3 is 2.48 bits per heavy atom. The Morgan fingerprint density at radius 1 is 1.07 bits per heavy atom. The highest BCUT2D eigenvalue weighted by Gasteiger charge is 2.45. The molecule has 0 N–H and O–H groups in total. The Hall–Kier alpha value is -2.55. The molecular weight excluding hydrogens is 334 g/mol. The lowest BCUT2D eigenvalue weighted by Crippen LogP contribution is -2.39. The van der Waals surface area contributed by atoms with Gasteiger partial charge in [-0.1, -0.05) is 49.1 Å². The summed E-state index contributed by atoms with van der Waals surface area (Å²) in [5.74, 6) is 0.991. The third kappa shape index (κ3) is 4.24. The Bertz CT molecular complexity index is 814. The van der Waals surface area contributed by atoms with Crippen LogP contribution in [0.15, 0.2) is 55.1 Å². The van der Waals surface area contributed by atoms with Crippen LogP contribution in [0.5, 0.6) is 5.75 Å². The first-order chi connectivity index (χ1) is 13.2. The van der Waals surface area contributed by atoms with E-state index in [0.717, 1.165) is 35.5 Å². The van der Waals surface area contributed by atoms with E-state index in [4.69, 9.17) is 4.74 Å². The summed E-state index contributed by atoms with van der Waals surface area (Å²) in [5, 5.41) is 0. The van der Waals surface area contributed by atoms with Crippen molar-refractivity contribution >= 4 is 12.0 Å². The van der Waals surface area contributed by atoms with Gasteiger partial charge in [0.05, 0.1) is 6.42 Å². The SMILES string of the molecule is C=Cc1ccc(OCc2ccccc2)c(CC(=O)N2CCC3(CC2)CC3)c1. The van der Waals surface area contributed by atoms with Crippen LogP contribution >= 0.6 is 0 Å². The fourth-order valence-corrected chi connectivity index (χ4v) is 3.92. The number of ether oxygens (including phenoxy) is 1. The first-order valence-corrected chi connectivity index (χ1v) is 9.87. The van der Waals surface area contributed by atoms with Gasteiger partial charge in [-0.3, -0.25) is 4.79 Å². The fourth-order valence-electron chi connectivity index (χ4n) is 3.92. The van der Waals surface area contributed by atoms with Crippen LogP contribution in [-0.2, 0) is 17.8 Å². The van der Waals surface area contributed by atoms with Crippen molar-refractivity contribution in [3.8, 4) is 5.75 Å². The minimum absolute atomic E-state index is 0.205. The first-order valence-electron chi connectivity index (χ1n) is 9.87. The minimum atomic E-state index is 0.205. The summed E-state index contributed by atoms with van der Waals surface area (Å²) in [6.45, 7) is 6.16. The largest absolute Gasteiger partial charge is 0.489 e. The summed E-state index contributed by atoms with van der Waals surface area (Å²) in [4.78, 5) is 14.9. The number of likely N-dealkylation sites (tertiary alicyclic amines) is 1. The molecule has 4 rings (SSSR count). The summed E-state index contributed by atoms with van der Waals surface area (Å²) in [6.07, 6.45) is 7.25. The van der Waals surface area contributed by atoms with Gasteiger partial charge in [0.1, 0.15) is 12.4 Å². The maximum Gasteiger partial charge on any atom is 0.227 e. The van der Waals surface area contributed by atoms with Crippen molar-refractivity contribution in [1.82, 2.24) is 4.90 Å². The lowest BCUT2D eigenvalue weighted by molar-refractivity contribution is -0.132. The van der Waals surface area contributed by atoms with E-state index in [1.165, 1.54) is 25.7 Å². The third-order valence-electron chi connectivity index (χ3n) is 6.03. The van der Waals surface area contributed by atoms with Crippen LogP contribution in [0.3, 0.4) is 0 Å². The summed E-state index contributed by atoms with van der Waals surface area (Å²) in [5.41, 5.74) is 3.66. The monoisotopic (exact) mass is 361 g/mol. The molecule has 2 aliphatic rings. The quantitative estimate of drug-likeness (QED) is 0.736. The molecule has 1 aliphatic carbocycles. The second-order valence-electron chi connectivity index (χ2n) is 7.90. The fraction of sp³-hybridized carbons (Fsp3) is 0.375. The standard InChI is InChI=1S/C24H27NO2/c1-2-19-8-9-22(27-18-20-6-4-3-5-7-20)21(16-19)17-23(26)25-14-12-24(10-11-24)13-15-25/h2-9,16H,1,10-15,17-18H2. The highest BCUT2D eigenvalue weighted by molar-refractivity contribution is 5.80. The molecular formula is C24H27NO2. The molecule has 1 saturated heterocycles. The predicted molar refractivity (Wildman–Crippen MR) is 108 cm³/mol. The average molecular weight is 361 g/mol. The molecule has 1 aliphatic heterocycles. The number of hydrogen-bond acceptors (Lipinski definition) is 2. The zero-order chi connectivity index (χ0) is 18.7. The smallest absolute Gasteiger partial charge is 0.227 e. The van der Waals surface area contributed by atoms with E-state index in [9.17, 15) is 4.79 Å². The Kier molecular flexibility index (Phi) is 5.02. The molecule has 2 aromatic rings. The van der Waals surface area contributed by atoms with Crippen molar-refractivity contribution in [2.24, 2.45) is 5.41 Å². The summed E-state index contributed by atoms with van der Waals surface area (Å²) in [6, 6.07) is 16.1. The van der Waals surface area contributed by atoms with E-state index in [1.54, 1.807) is 0 Å². The van der Waals surface area contributed by atoms with E-state index in [0.29, 0.717) is 18.4 Å². The van der Waals surface area contributed by atoms with Crippen molar-refractivity contribution in [1.29, 1.82) is 0 Å². The van der Waals surface area contributed by atoms with Crippen LogP contribution in [0.25, 0.3) is 6.08 Å². The van der Waals surface area contributed by atoms with Crippen LogP contribution < -0.4 is 4.74 Å². The van der Waals surface area contributed by atoms with Gasteiger partial charge in [0, 0.05) is 18.7 Å². The summed E-state index contributed by atoms with van der Waals surface area (Å²) >= 11 is 0. The van der Waals surface area contributed by atoms with E-state index < -0.39 is 0 Å². The van der Waals surface area contributed by atoms with Crippen LogP contribution in [0.1, 0.15) is 42.4 Å². The van der Waals surface area contributed by atoms with Gasteiger partial charge in [-0.15, -0.1) is 0 Å². The third-order valence-corrected chi connectivity index (χ3v) is 6.03. The molecule has 1 saturated carbocycles. The molecule has 3 heteroatoms. The van der Waals surface area contributed by atoms with Crippen LogP contribution in [-0.4, -0.2) is 23.9 Å². The molecule has 0 bridgehead atoms. The van der Waals surface area contributed by atoms with Crippen LogP contribution in [0.2, 0.25) is 0 Å². The molecule has 140 valence electrons. The topological polar surface area (TPSA) is 29.5 Å². The molecule has 3 nitrogen and oxygen atoms in total. The Morgan fingerprint density at radius 2 is 1.81 bits per heavy atom. The lowest BCUT2D eigenvalue weighted by atomic mass is 9.93. The van der Waals surface area contributed by atoms with Crippen molar-refractivity contribution in [2.75, 3.05) is 13.1 Å². The molecule has 1 amide bonds. The van der Waals surface area contributed by atoms with Crippen LogP contribution in [0.4, 0.5) is 0 Å². The van der Waals surface area contributed by atoms with Gasteiger partial charge in [0.2, 0.25) is 5.91 Å². The van der Waals surface area contributed by atoms with Gasteiger partial charge in [-0.2, -0.15) is 0 Å². The number of nitrogens with zero attached hydrogens (tertiary/aromatic N) is 1. The molecule has 0 aromatic heterocycles. The molecule has 1 heterocycles. The zero-order valence-corrected chi connectivity index (χ0v) is 15.8. The van der Waals surface area contributed by atoms with Gasteiger partial charge in [-0.25, -0.2) is 0 Å². The van der Waals surface area contributed by atoms with Gasteiger partial charge >= 0.3 is 0 Å². The molecule has 27 heavy (non-hydrogen) atoms. The predicted octanol–water partition coefficient (Wildman–Crippen LogP) is 4.85. The number of carbonyl (C=O) groups is 1. The molecule has 0 unspecified atom stereocenters. The van der Waals surface area contributed by atoms with Gasteiger partial charge in [0.25, 0.3) is 0 Å². The van der Waals surface area contributed by atoms with Crippen molar-refractivity contribution in [3.63, 3.8) is 0 Å². The van der Waals surface area contributed by atoms with E-state index in [2.05, 4.69) is 6.58 Å². The maximum absolute atomic E-state index is 12.9. The molecule has 0 atom stereocenters. The molecule has 2 aromatic carbocycles. The Balaban J connectivity index is 1.44. The molecule has 1 spiro atoms. The molecule has 2 fully saturated rings. The van der Waals surface area contributed by atoms with Gasteiger partial charge < -0.3 is 9.64 Å². The normalized spacial score (nSPS) is 17.6. The highest BCUT2D eigenvalue weighted by atomic mass is 16.5. The summed E-state index contributed by atoms with van der Waals surface area (Å²) in [7, 11) is 0. The van der Waals surface area contributed by atoms with E-state index in [1.807, 2.05) is 59.5 Å². The van der Waals surface area contributed by atoms with Crippen LogP contribution in [0, 0.1) is 5.41 Å². The highest BCUT2D eigenvalue weighted by Crippen LogP contribution is 2.53. The molecule has 0 radical (unpaired) electrons. The first kappa shape index (κ1) is 17.8. The average Bonchev–Trinajstić information content (AvgIpc) is 3.47. The van der Waals surface area contributed by atoms with Crippen molar-refractivity contribution < 1.29 is 9.53 Å². The zero-order valence-electron chi connectivity index (χ0n) is 15.8. The number of carbonyl (C=O) groups excluding carboxylic acids is 1. The second kappa shape index (κ2) is 7.59. The lowest BCUT2D eigenvalue weighted by Gasteiger charge is -2.32. The number of benzene rings is 2. The second-order valence-corrected chi connectivity index (χ2v) is 7.90. The Labute approximate surface area is 161 Å². The van der Waals surface area contributed by atoms with Crippen molar-refractivity contribution in [2.45, 2.75) is 38.7 Å².